The van der Waals surface area contributed by atoms with E-state index in [0.717, 1.165) is 33.4 Å². The normalized spacial score (nSPS) is 13.5. The van der Waals surface area contributed by atoms with Crippen LogP contribution >= 0.6 is 19.8 Å². The van der Waals surface area contributed by atoms with Gasteiger partial charge in [0.1, 0.15) is 5.60 Å². The summed E-state index contributed by atoms with van der Waals surface area (Å²) < 4.78 is 0. The topological polar surface area (TPSA) is 80.9 Å². The van der Waals surface area contributed by atoms with Crippen LogP contribution in [0.2, 0.25) is 0 Å². The van der Waals surface area contributed by atoms with E-state index in [9.17, 15) is 20.4 Å². The van der Waals surface area contributed by atoms with Gasteiger partial charge in [-0.1, -0.05) is 118 Å². The predicted octanol–water partition coefficient (Wildman–Crippen LogP) is 6.81. The van der Waals surface area contributed by atoms with Gasteiger partial charge in [-0.25, -0.2) is 0 Å². The average molecular weight is 609 g/mol. The molecule has 0 saturated carbocycles. The van der Waals surface area contributed by atoms with E-state index in [1.807, 2.05) is 0 Å². The van der Waals surface area contributed by atoms with Crippen molar-refractivity contribution in [2.45, 2.75) is 124 Å². The van der Waals surface area contributed by atoms with E-state index < -0.39 is 30.8 Å². The number of aliphatic hydroxyl groups excluding tert-OH is 3. The molecule has 0 bridgehead atoms. The van der Waals surface area contributed by atoms with E-state index in [0.29, 0.717) is 11.1 Å². The van der Waals surface area contributed by atoms with Gasteiger partial charge < -0.3 is 20.4 Å². The number of benzene rings is 2. The van der Waals surface area contributed by atoms with Crippen LogP contribution in [0.15, 0.2) is 24.3 Å². The maximum Gasteiger partial charge on any atom is 0.128 e. The molecule has 41 heavy (non-hydrogen) atoms. The van der Waals surface area contributed by atoms with E-state index in [2.05, 4.69) is 121 Å². The monoisotopic (exact) mass is 608 g/mol. The zero-order chi connectivity index (χ0) is 30.6. The summed E-state index contributed by atoms with van der Waals surface area (Å²) in [5.41, 5.74) is 2.15. The Morgan fingerprint density at radius 1 is 0.463 bits per heavy atom. The molecular formula is C35H62O4P2. The zero-order valence-corrected chi connectivity index (χ0v) is 31.5. The zero-order valence-electron chi connectivity index (χ0n) is 28.6. The lowest BCUT2D eigenvalue weighted by atomic mass is 9.56. The van der Waals surface area contributed by atoms with Gasteiger partial charge in [0.15, 0.2) is 0 Å². The minimum atomic E-state index is -1.93. The summed E-state index contributed by atoms with van der Waals surface area (Å²) in [4.78, 5) is 0. The summed E-state index contributed by atoms with van der Waals surface area (Å²) in [6.07, 6.45) is 0. The van der Waals surface area contributed by atoms with Crippen molar-refractivity contribution in [1.82, 2.24) is 0 Å². The lowest BCUT2D eigenvalue weighted by Crippen LogP contribution is -2.57. The van der Waals surface area contributed by atoms with Gasteiger partial charge in [-0.15, -0.1) is 0 Å². The van der Waals surface area contributed by atoms with Gasteiger partial charge in [-0.3, -0.25) is 0 Å². The van der Waals surface area contributed by atoms with Gasteiger partial charge in [-0.2, -0.15) is 19.8 Å². The molecular weight excluding hydrogens is 546 g/mol. The van der Waals surface area contributed by atoms with Gasteiger partial charge in [0, 0.05) is 0 Å². The molecule has 0 saturated heterocycles. The second kappa shape index (κ2) is 13.0. The molecule has 2 aromatic rings. The summed E-state index contributed by atoms with van der Waals surface area (Å²) in [5, 5.41) is 46.9. The van der Waals surface area contributed by atoms with Crippen LogP contribution in [0.25, 0.3) is 0 Å². The molecule has 2 rings (SSSR count). The van der Waals surface area contributed by atoms with Crippen LogP contribution in [-0.4, -0.2) is 40.2 Å². The highest BCUT2D eigenvalue weighted by molar-refractivity contribution is 6.92. The highest BCUT2D eigenvalue weighted by atomic mass is 31.0. The molecule has 6 heteroatoms. The Morgan fingerprint density at radius 2 is 0.659 bits per heavy atom. The van der Waals surface area contributed by atoms with Crippen molar-refractivity contribution in [2.75, 3.05) is 19.8 Å². The van der Waals surface area contributed by atoms with Crippen molar-refractivity contribution in [3.05, 3.63) is 68.8 Å². The maximum absolute atomic E-state index is 13.7. The minimum absolute atomic E-state index is 0. The first-order valence-corrected chi connectivity index (χ1v) is 14.3. The smallest absolute Gasteiger partial charge is 0.128 e. The number of aryl methyl sites for hydroxylation is 2. The van der Waals surface area contributed by atoms with Crippen molar-refractivity contribution < 1.29 is 20.4 Å². The van der Waals surface area contributed by atoms with Crippen LogP contribution in [0.3, 0.4) is 0 Å². The fraction of sp³-hybridized carbons (Fsp3) is 0.657. The second-order valence-electron chi connectivity index (χ2n) is 15.9. The highest BCUT2D eigenvalue weighted by Gasteiger charge is 2.57. The van der Waals surface area contributed by atoms with Crippen LogP contribution in [0.5, 0.6) is 0 Å². The Kier molecular flexibility index (Phi) is 12.7. The largest absolute Gasteiger partial charge is 0.395 e. The van der Waals surface area contributed by atoms with Crippen molar-refractivity contribution in [3.63, 3.8) is 0 Å². The SMILES string of the molecule is Cc1cc(C(C)(C)C)c(C(O)(c2c(C(C)(C)C)cc(C)cc2C(C)(C)C)C(CO)(CO)CO)c(C(C)(C)C)c1.P.P. The van der Waals surface area contributed by atoms with Crippen LogP contribution in [0.1, 0.15) is 128 Å². The predicted molar refractivity (Wildman–Crippen MR) is 186 cm³/mol. The molecule has 0 radical (unpaired) electrons. The van der Waals surface area contributed by atoms with E-state index >= 15 is 0 Å². The molecule has 0 fully saturated rings. The van der Waals surface area contributed by atoms with Gasteiger partial charge in [0.05, 0.1) is 25.2 Å². The average Bonchev–Trinajstić information content (AvgIpc) is 2.76. The quantitative estimate of drug-likeness (QED) is 0.272. The molecule has 2 unspecified atom stereocenters. The first-order valence-electron chi connectivity index (χ1n) is 14.3. The molecule has 0 spiro atoms. The second-order valence-corrected chi connectivity index (χ2v) is 15.9. The van der Waals surface area contributed by atoms with E-state index in [1.165, 1.54) is 0 Å². The van der Waals surface area contributed by atoms with Crippen LogP contribution < -0.4 is 0 Å². The molecule has 0 amide bonds. The molecule has 4 nitrogen and oxygen atoms in total. The third-order valence-electron chi connectivity index (χ3n) is 8.20. The molecule has 0 aliphatic carbocycles. The number of aliphatic hydroxyl groups is 4. The van der Waals surface area contributed by atoms with Gasteiger partial charge in [0.25, 0.3) is 0 Å². The van der Waals surface area contributed by atoms with Gasteiger partial charge in [-0.05, 0) is 68.9 Å². The highest BCUT2D eigenvalue weighted by Crippen LogP contribution is 2.55. The molecule has 236 valence electrons. The van der Waals surface area contributed by atoms with Gasteiger partial charge in [0.2, 0.25) is 0 Å². The number of hydrogen-bond acceptors (Lipinski definition) is 4. The molecule has 0 aliphatic rings. The summed E-state index contributed by atoms with van der Waals surface area (Å²) in [6, 6.07) is 8.48. The van der Waals surface area contributed by atoms with Crippen molar-refractivity contribution in [1.29, 1.82) is 0 Å². The van der Waals surface area contributed by atoms with E-state index in [4.69, 9.17) is 0 Å². The van der Waals surface area contributed by atoms with Crippen molar-refractivity contribution >= 4 is 19.8 Å². The lowest BCUT2D eigenvalue weighted by molar-refractivity contribution is -0.138. The Bertz CT molecular complexity index is 1020. The lowest BCUT2D eigenvalue weighted by Gasteiger charge is -2.52. The third-order valence-corrected chi connectivity index (χ3v) is 8.20. The Balaban J connectivity index is 0.00000800. The van der Waals surface area contributed by atoms with Crippen LogP contribution in [-0.2, 0) is 27.3 Å². The van der Waals surface area contributed by atoms with Crippen LogP contribution in [0.4, 0.5) is 0 Å². The Morgan fingerprint density at radius 3 is 0.805 bits per heavy atom. The van der Waals surface area contributed by atoms with Crippen LogP contribution in [0, 0.1) is 19.3 Å². The van der Waals surface area contributed by atoms with E-state index in [-0.39, 0.29) is 41.5 Å². The molecule has 4 N–H and O–H groups in total. The Hall–Kier alpha value is -0.860. The van der Waals surface area contributed by atoms with Gasteiger partial charge >= 0.3 is 0 Å². The molecule has 2 atom stereocenters. The fourth-order valence-electron chi connectivity index (χ4n) is 5.87. The van der Waals surface area contributed by atoms with Crippen molar-refractivity contribution in [3.8, 4) is 0 Å². The molecule has 2 aromatic carbocycles. The first kappa shape index (κ1) is 40.1. The molecule has 0 aromatic heterocycles. The minimum Gasteiger partial charge on any atom is -0.395 e. The number of hydrogen-bond donors (Lipinski definition) is 4. The summed E-state index contributed by atoms with van der Waals surface area (Å²) >= 11 is 0. The molecule has 0 heterocycles. The maximum atomic E-state index is 13.7. The standard InChI is InChI=1S/C35H56O4.2H3P/c1-22-15-24(30(3,4)5)28(25(16-22)31(6,7)8)35(39,34(19-36,20-37)21-38)29-26(32(9,10)11)17-23(2)18-27(29)33(12,13)14;;/h15-18,36-39H,19-21H2,1-14H3;2*1H3. The molecule has 0 aliphatic heterocycles. The first-order chi connectivity index (χ1) is 17.4. The summed E-state index contributed by atoms with van der Waals surface area (Å²) in [5.74, 6) is 0. The number of rotatable bonds is 6. The summed E-state index contributed by atoms with van der Waals surface area (Å²) in [6.45, 7) is 27.9. The van der Waals surface area contributed by atoms with E-state index in [1.54, 1.807) is 0 Å². The van der Waals surface area contributed by atoms with Crippen molar-refractivity contribution in [2.24, 2.45) is 5.41 Å². The summed E-state index contributed by atoms with van der Waals surface area (Å²) in [7, 11) is 0. The Labute approximate surface area is 258 Å². The fourth-order valence-corrected chi connectivity index (χ4v) is 5.87. The third kappa shape index (κ3) is 7.45.